The SMILES string of the molecule is CCOC(=O)c1ccc2c(c1)nc(SCc1cccc(C(=O)OC)c1)n2CCCOC(C)C. The number of benzene rings is 2. The maximum atomic E-state index is 12.2. The second-order valence-corrected chi connectivity index (χ2v) is 8.67. The van der Waals surface area contributed by atoms with Crippen LogP contribution >= 0.6 is 11.8 Å². The highest BCUT2D eigenvalue weighted by atomic mass is 32.2. The second kappa shape index (κ2) is 11.9. The molecular formula is C25H30N2O5S. The molecule has 0 saturated heterocycles. The number of carbonyl (C=O) groups is 2. The molecule has 0 saturated carbocycles. The molecule has 3 rings (SSSR count). The number of nitrogens with zero attached hydrogens (tertiary/aromatic N) is 2. The van der Waals surface area contributed by atoms with Crippen molar-refractivity contribution in [2.75, 3.05) is 20.3 Å². The van der Waals surface area contributed by atoms with Gasteiger partial charge in [-0.25, -0.2) is 14.6 Å². The Morgan fingerprint density at radius 1 is 1.09 bits per heavy atom. The van der Waals surface area contributed by atoms with Crippen molar-refractivity contribution in [1.29, 1.82) is 0 Å². The Balaban J connectivity index is 1.85. The first-order valence-electron chi connectivity index (χ1n) is 11.0. The number of hydrogen-bond acceptors (Lipinski definition) is 7. The highest BCUT2D eigenvalue weighted by molar-refractivity contribution is 7.98. The number of esters is 2. The summed E-state index contributed by atoms with van der Waals surface area (Å²) in [4.78, 5) is 28.8. The molecular weight excluding hydrogens is 440 g/mol. The molecule has 0 spiro atoms. The number of thioether (sulfide) groups is 1. The van der Waals surface area contributed by atoms with Gasteiger partial charge >= 0.3 is 11.9 Å². The standard InChI is InChI=1S/C25H30N2O5S/c1-5-31-24(29)20-10-11-22-21(15-20)26-25(27(22)12-7-13-32-17(2)3)33-16-18-8-6-9-19(14-18)23(28)30-4/h6,8-11,14-15,17H,5,7,12-13,16H2,1-4H3. The minimum Gasteiger partial charge on any atom is -0.465 e. The number of imidazole rings is 1. The van der Waals surface area contributed by atoms with E-state index in [1.165, 1.54) is 7.11 Å². The van der Waals surface area contributed by atoms with Gasteiger partial charge in [0, 0.05) is 18.9 Å². The van der Waals surface area contributed by atoms with E-state index >= 15 is 0 Å². The molecule has 1 heterocycles. The van der Waals surface area contributed by atoms with Gasteiger partial charge in [-0.1, -0.05) is 23.9 Å². The number of ether oxygens (including phenoxy) is 3. The van der Waals surface area contributed by atoms with Crippen LogP contribution in [-0.2, 0) is 26.5 Å². The number of carbonyl (C=O) groups excluding carboxylic acids is 2. The number of hydrogen-bond donors (Lipinski definition) is 0. The van der Waals surface area contributed by atoms with Gasteiger partial charge in [0.2, 0.25) is 0 Å². The fraction of sp³-hybridized carbons (Fsp3) is 0.400. The van der Waals surface area contributed by atoms with E-state index in [1.807, 2.05) is 38.1 Å². The van der Waals surface area contributed by atoms with Crippen molar-refractivity contribution >= 4 is 34.7 Å². The summed E-state index contributed by atoms with van der Waals surface area (Å²) in [5.41, 5.74) is 3.71. The maximum Gasteiger partial charge on any atom is 0.338 e. The molecule has 2 aromatic carbocycles. The summed E-state index contributed by atoms with van der Waals surface area (Å²) in [7, 11) is 1.37. The third-order valence-electron chi connectivity index (χ3n) is 4.92. The van der Waals surface area contributed by atoms with E-state index < -0.39 is 0 Å². The molecule has 0 fully saturated rings. The highest BCUT2D eigenvalue weighted by Crippen LogP contribution is 2.28. The zero-order chi connectivity index (χ0) is 23.8. The van der Waals surface area contributed by atoms with Crippen LogP contribution in [0.25, 0.3) is 11.0 Å². The van der Waals surface area contributed by atoms with Crippen molar-refractivity contribution in [1.82, 2.24) is 9.55 Å². The number of fused-ring (bicyclic) bond motifs is 1. The van der Waals surface area contributed by atoms with Crippen LogP contribution in [0.2, 0.25) is 0 Å². The van der Waals surface area contributed by atoms with E-state index in [0.717, 1.165) is 34.7 Å². The monoisotopic (exact) mass is 470 g/mol. The topological polar surface area (TPSA) is 79.6 Å². The molecule has 8 heteroatoms. The van der Waals surface area contributed by atoms with Crippen molar-refractivity contribution in [3.8, 4) is 0 Å². The fourth-order valence-electron chi connectivity index (χ4n) is 3.37. The largest absolute Gasteiger partial charge is 0.465 e. The Bertz CT molecular complexity index is 1110. The average Bonchev–Trinajstić information content (AvgIpc) is 3.16. The van der Waals surface area contributed by atoms with Crippen LogP contribution in [0, 0.1) is 0 Å². The van der Waals surface area contributed by atoms with Gasteiger partial charge in [-0.2, -0.15) is 0 Å². The molecule has 0 aliphatic rings. The molecule has 0 atom stereocenters. The van der Waals surface area contributed by atoms with E-state index in [1.54, 1.807) is 36.9 Å². The third-order valence-corrected chi connectivity index (χ3v) is 5.97. The Morgan fingerprint density at radius 2 is 1.88 bits per heavy atom. The molecule has 7 nitrogen and oxygen atoms in total. The summed E-state index contributed by atoms with van der Waals surface area (Å²) in [6, 6.07) is 12.9. The Labute approximate surface area is 198 Å². The second-order valence-electron chi connectivity index (χ2n) is 7.72. The lowest BCUT2D eigenvalue weighted by Crippen LogP contribution is -2.08. The first-order chi connectivity index (χ1) is 15.9. The number of rotatable bonds is 11. The molecule has 0 aliphatic heterocycles. The Kier molecular flexibility index (Phi) is 8.91. The normalized spacial score (nSPS) is 11.2. The molecule has 33 heavy (non-hydrogen) atoms. The highest BCUT2D eigenvalue weighted by Gasteiger charge is 2.15. The average molecular weight is 471 g/mol. The smallest absolute Gasteiger partial charge is 0.338 e. The van der Waals surface area contributed by atoms with E-state index in [2.05, 4.69) is 4.57 Å². The zero-order valence-corrected chi connectivity index (χ0v) is 20.3. The van der Waals surface area contributed by atoms with E-state index in [-0.39, 0.29) is 18.0 Å². The van der Waals surface area contributed by atoms with Crippen LogP contribution in [0.15, 0.2) is 47.6 Å². The van der Waals surface area contributed by atoms with Gasteiger partial charge in [0.05, 0.1) is 42.0 Å². The van der Waals surface area contributed by atoms with Gasteiger partial charge in [-0.3, -0.25) is 0 Å². The molecule has 1 aromatic heterocycles. The quantitative estimate of drug-likeness (QED) is 0.219. The summed E-state index contributed by atoms with van der Waals surface area (Å²) in [5, 5.41) is 0.846. The van der Waals surface area contributed by atoms with Crippen LogP contribution < -0.4 is 0 Å². The minimum absolute atomic E-state index is 0.188. The fourth-order valence-corrected chi connectivity index (χ4v) is 4.35. The lowest BCUT2D eigenvalue weighted by Gasteiger charge is -2.11. The Hall–Kier alpha value is -2.84. The summed E-state index contributed by atoms with van der Waals surface area (Å²) in [6.45, 7) is 7.55. The van der Waals surface area contributed by atoms with E-state index in [4.69, 9.17) is 19.2 Å². The van der Waals surface area contributed by atoms with Crippen LogP contribution in [0.4, 0.5) is 0 Å². The summed E-state index contributed by atoms with van der Waals surface area (Å²) in [5.74, 6) is -0.0691. The molecule has 0 N–H and O–H groups in total. The lowest BCUT2D eigenvalue weighted by molar-refractivity contribution is 0.0525. The summed E-state index contributed by atoms with van der Waals surface area (Å²) < 4.78 is 17.8. The molecule has 0 radical (unpaired) electrons. The van der Waals surface area contributed by atoms with Gasteiger partial charge in [0.15, 0.2) is 5.16 Å². The van der Waals surface area contributed by atoms with Crippen molar-refractivity contribution < 1.29 is 23.8 Å². The predicted molar refractivity (Wildman–Crippen MR) is 129 cm³/mol. The first-order valence-corrected chi connectivity index (χ1v) is 12.0. The third kappa shape index (κ3) is 6.58. The van der Waals surface area contributed by atoms with Crippen molar-refractivity contribution in [3.63, 3.8) is 0 Å². The zero-order valence-electron chi connectivity index (χ0n) is 19.5. The predicted octanol–water partition coefficient (Wildman–Crippen LogP) is 5.11. The number of aromatic nitrogens is 2. The summed E-state index contributed by atoms with van der Waals surface area (Å²) in [6.07, 6.45) is 1.03. The van der Waals surface area contributed by atoms with E-state index in [0.29, 0.717) is 30.1 Å². The van der Waals surface area contributed by atoms with Crippen molar-refractivity contribution in [2.45, 2.75) is 50.8 Å². The van der Waals surface area contributed by atoms with Crippen LogP contribution in [0.1, 0.15) is 53.5 Å². The number of methoxy groups -OCH3 is 1. The molecule has 0 amide bonds. The maximum absolute atomic E-state index is 12.2. The van der Waals surface area contributed by atoms with Gasteiger partial charge < -0.3 is 18.8 Å². The minimum atomic E-state index is -0.356. The van der Waals surface area contributed by atoms with E-state index in [9.17, 15) is 9.59 Å². The van der Waals surface area contributed by atoms with Crippen molar-refractivity contribution in [3.05, 3.63) is 59.2 Å². The van der Waals surface area contributed by atoms with Gasteiger partial charge in [0.25, 0.3) is 0 Å². The van der Waals surface area contributed by atoms with Crippen LogP contribution in [0.5, 0.6) is 0 Å². The van der Waals surface area contributed by atoms with Gasteiger partial charge in [-0.05, 0) is 63.1 Å². The van der Waals surface area contributed by atoms with Gasteiger partial charge in [0.1, 0.15) is 0 Å². The summed E-state index contributed by atoms with van der Waals surface area (Å²) >= 11 is 1.59. The number of aryl methyl sites for hydroxylation is 1. The molecule has 0 aliphatic carbocycles. The molecule has 0 unspecified atom stereocenters. The Morgan fingerprint density at radius 3 is 2.61 bits per heavy atom. The lowest BCUT2D eigenvalue weighted by atomic mass is 10.1. The molecule has 176 valence electrons. The molecule has 3 aromatic rings. The first kappa shape index (κ1) is 24.8. The van der Waals surface area contributed by atoms with Gasteiger partial charge in [-0.15, -0.1) is 0 Å². The van der Waals surface area contributed by atoms with Crippen molar-refractivity contribution in [2.24, 2.45) is 0 Å². The van der Waals surface area contributed by atoms with Crippen LogP contribution in [-0.4, -0.2) is 47.9 Å². The van der Waals surface area contributed by atoms with Crippen LogP contribution in [0.3, 0.4) is 0 Å². The molecule has 0 bridgehead atoms.